The van der Waals surface area contributed by atoms with Gasteiger partial charge in [-0.05, 0) is 23.6 Å². The number of ether oxygens (including phenoxy) is 1. The van der Waals surface area contributed by atoms with Gasteiger partial charge in [-0.1, -0.05) is 32.9 Å². The summed E-state index contributed by atoms with van der Waals surface area (Å²) >= 11 is 0. The van der Waals surface area contributed by atoms with Gasteiger partial charge in [-0.2, -0.15) is 0 Å². The molecule has 118 valence electrons. The summed E-state index contributed by atoms with van der Waals surface area (Å²) in [5.41, 5.74) is 0.965. The van der Waals surface area contributed by atoms with Gasteiger partial charge in [0.1, 0.15) is 18.5 Å². The third kappa shape index (κ3) is 7.11. The molecule has 0 aromatic heterocycles. The zero-order valence-corrected chi connectivity index (χ0v) is 12.9. The molecular formula is C16H25NO4. The van der Waals surface area contributed by atoms with Gasteiger partial charge in [0.25, 0.3) is 0 Å². The average molecular weight is 295 g/mol. The molecule has 1 aromatic carbocycles. The number of hydrogen-bond donors (Lipinski definition) is 3. The minimum atomic E-state index is -0.802. The Bertz CT molecular complexity index is 430. The maximum atomic E-state index is 10.7. The molecule has 1 rings (SSSR count). The van der Waals surface area contributed by atoms with Crippen molar-refractivity contribution >= 4 is 5.97 Å². The molecule has 21 heavy (non-hydrogen) atoms. The maximum absolute atomic E-state index is 10.7. The molecule has 0 saturated heterocycles. The van der Waals surface area contributed by atoms with Crippen molar-refractivity contribution in [3.05, 3.63) is 29.8 Å². The van der Waals surface area contributed by atoms with Gasteiger partial charge in [-0.3, -0.25) is 4.79 Å². The molecule has 0 fully saturated rings. The average Bonchev–Trinajstić information content (AvgIpc) is 2.42. The highest BCUT2D eigenvalue weighted by molar-refractivity contribution is 5.67. The van der Waals surface area contributed by atoms with Gasteiger partial charge in [0.05, 0.1) is 6.42 Å². The lowest BCUT2D eigenvalue weighted by molar-refractivity contribution is -0.137. The van der Waals surface area contributed by atoms with Crippen LogP contribution in [-0.2, 0) is 4.79 Å². The topological polar surface area (TPSA) is 78.8 Å². The zero-order chi connectivity index (χ0) is 15.8. The number of hydrogen-bond acceptors (Lipinski definition) is 4. The van der Waals surface area contributed by atoms with E-state index in [-0.39, 0.29) is 18.9 Å². The molecule has 0 heterocycles. The van der Waals surface area contributed by atoms with Crippen molar-refractivity contribution in [1.29, 1.82) is 0 Å². The number of aliphatic hydroxyl groups is 1. The standard InChI is InChI=1S/C16H25NO4/c1-11(2)17-9-14(18)10-21-15-6-4-13(5-7-15)12(3)8-16(19)20/h4-7,11-12,14,17-18H,8-10H2,1-3H3,(H,19,20). The molecule has 0 amide bonds. The summed E-state index contributed by atoms with van der Waals surface area (Å²) in [7, 11) is 0. The molecule has 1 aromatic rings. The van der Waals surface area contributed by atoms with E-state index in [4.69, 9.17) is 9.84 Å². The highest BCUT2D eigenvalue weighted by atomic mass is 16.5. The van der Waals surface area contributed by atoms with Gasteiger partial charge in [0, 0.05) is 12.6 Å². The third-order valence-electron chi connectivity index (χ3n) is 3.13. The largest absolute Gasteiger partial charge is 0.491 e. The molecule has 2 unspecified atom stereocenters. The van der Waals surface area contributed by atoms with E-state index in [2.05, 4.69) is 5.32 Å². The van der Waals surface area contributed by atoms with Crippen LogP contribution in [0.3, 0.4) is 0 Å². The molecule has 0 aliphatic rings. The Morgan fingerprint density at radius 3 is 2.38 bits per heavy atom. The smallest absolute Gasteiger partial charge is 0.303 e. The SMILES string of the molecule is CC(C)NCC(O)COc1ccc(C(C)CC(=O)O)cc1. The third-order valence-corrected chi connectivity index (χ3v) is 3.13. The first kappa shape index (κ1) is 17.5. The van der Waals surface area contributed by atoms with E-state index in [1.807, 2.05) is 32.9 Å². The second-order valence-corrected chi connectivity index (χ2v) is 5.60. The number of aliphatic hydroxyl groups excluding tert-OH is 1. The van der Waals surface area contributed by atoms with E-state index in [0.29, 0.717) is 18.3 Å². The van der Waals surface area contributed by atoms with Crippen LogP contribution >= 0.6 is 0 Å². The Morgan fingerprint density at radius 2 is 1.86 bits per heavy atom. The Morgan fingerprint density at radius 1 is 1.24 bits per heavy atom. The lowest BCUT2D eigenvalue weighted by atomic mass is 9.98. The molecule has 0 saturated carbocycles. The Kier molecular flexibility index (Phi) is 7.19. The Labute approximate surface area is 125 Å². The molecule has 0 aliphatic carbocycles. The number of carboxylic acid groups (broad SMARTS) is 1. The molecule has 0 aliphatic heterocycles. The number of nitrogens with one attached hydrogen (secondary N) is 1. The van der Waals surface area contributed by atoms with Gasteiger partial charge >= 0.3 is 5.97 Å². The first-order valence-corrected chi connectivity index (χ1v) is 7.24. The lowest BCUT2D eigenvalue weighted by Gasteiger charge is -2.15. The Hall–Kier alpha value is -1.59. The van der Waals surface area contributed by atoms with Crippen molar-refractivity contribution in [2.24, 2.45) is 0 Å². The van der Waals surface area contributed by atoms with E-state index in [1.54, 1.807) is 12.1 Å². The van der Waals surface area contributed by atoms with E-state index < -0.39 is 12.1 Å². The highest BCUT2D eigenvalue weighted by Crippen LogP contribution is 2.21. The first-order valence-electron chi connectivity index (χ1n) is 7.24. The number of benzene rings is 1. The minimum absolute atomic E-state index is 0.0302. The normalized spacial score (nSPS) is 14.0. The lowest BCUT2D eigenvalue weighted by Crippen LogP contribution is -2.35. The van der Waals surface area contributed by atoms with Crippen molar-refractivity contribution in [2.45, 2.75) is 45.3 Å². The molecular weight excluding hydrogens is 270 g/mol. The van der Waals surface area contributed by atoms with E-state index in [0.717, 1.165) is 5.56 Å². The van der Waals surface area contributed by atoms with E-state index >= 15 is 0 Å². The fourth-order valence-electron chi connectivity index (χ4n) is 1.90. The van der Waals surface area contributed by atoms with Crippen molar-refractivity contribution in [2.75, 3.05) is 13.2 Å². The second-order valence-electron chi connectivity index (χ2n) is 5.60. The van der Waals surface area contributed by atoms with Crippen LogP contribution in [0.2, 0.25) is 0 Å². The van der Waals surface area contributed by atoms with Crippen LogP contribution in [0.1, 0.15) is 38.7 Å². The summed E-state index contributed by atoms with van der Waals surface area (Å²) in [5, 5.41) is 21.7. The Balaban J connectivity index is 2.42. The fraction of sp³-hybridized carbons (Fsp3) is 0.562. The monoisotopic (exact) mass is 295 g/mol. The number of carboxylic acids is 1. The summed E-state index contributed by atoms with van der Waals surface area (Å²) in [6.07, 6.45) is -0.446. The van der Waals surface area contributed by atoms with Crippen molar-refractivity contribution in [3.8, 4) is 5.75 Å². The van der Waals surface area contributed by atoms with Crippen LogP contribution in [0.4, 0.5) is 0 Å². The molecule has 3 N–H and O–H groups in total. The van der Waals surface area contributed by atoms with Crippen LogP contribution in [0.25, 0.3) is 0 Å². The fourth-order valence-corrected chi connectivity index (χ4v) is 1.90. The summed E-state index contributed by atoms with van der Waals surface area (Å²) < 4.78 is 5.51. The van der Waals surface area contributed by atoms with Gasteiger partial charge in [-0.15, -0.1) is 0 Å². The molecule has 0 spiro atoms. The van der Waals surface area contributed by atoms with Crippen LogP contribution in [0.15, 0.2) is 24.3 Å². The molecule has 0 bridgehead atoms. The van der Waals surface area contributed by atoms with Gasteiger partial charge in [0.2, 0.25) is 0 Å². The zero-order valence-electron chi connectivity index (χ0n) is 12.9. The van der Waals surface area contributed by atoms with Crippen LogP contribution < -0.4 is 10.1 Å². The first-order chi connectivity index (χ1) is 9.88. The molecule has 5 nitrogen and oxygen atoms in total. The van der Waals surface area contributed by atoms with Crippen molar-refractivity contribution in [1.82, 2.24) is 5.32 Å². The van der Waals surface area contributed by atoms with E-state index in [1.165, 1.54) is 0 Å². The summed E-state index contributed by atoms with van der Waals surface area (Å²) in [6.45, 7) is 6.63. The summed E-state index contributed by atoms with van der Waals surface area (Å²) in [5.74, 6) is -0.161. The predicted molar refractivity (Wildman–Crippen MR) is 81.8 cm³/mol. The van der Waals surface area contributed by atoms with Gasteiger partial charge < -0.3 is 20.3 Å². The summed E-state index contributed by atoms with van der Waals surface area (Å²) in [4.78, 5) is 10.7. The molecule has 0 radical (unpaired) electrons. The van der Waals surface area contributed by atoms with Crippen LogP contribution in [-0.4, -0.2) is 41.5 Å². The maximum Gasteiger partial charge on any atom is 0.303 e. The van der Waals surface area contributed by atoms with Crippen molar-refractivity contribution in [3.63, 3.8) is 0 Å². The van der Waals surface area contributed by atoms with Crippen molar-refractivity contribution < 1.29 is 19.7 Å². The highest BCUT2D eigenvalue weighted by Gasteiger charge is 2.10. The quantitative estimate of drug-likeness (QED) is 0.649. The second kappa shape index (κ2) is 8.64. The molecule has 5 heteroatoms. The van der Waals surface area contributed by atoms with Crippen LogP contribution in [0.5, 0.6) is 5.75 Å². The minimum Gasteiger partial charge on any atom is -0.491 e. The predicted octanol–water partition coefficient (Wildman–Crippen LogP) is 2.00. The number of carbonyl (C=O) groups is 1. The number of aliphatic carboxylic acids is 1. The van der Waals surface area contributed by atoms with E-state index in [9.17, 15) is 9.90 Å². The van der Waals surface area contributed by atoms with Crippen LogP contribution in [0, 0.1) is 0 Å². The summed E-state index contributed by atoms with van der Waals surface area (Å²) in [6, 6.07) is 7.66. The number of rotatable bonds is 9. The van der Waals surface area contributed by atoms with Gasteiger partial charge in [0.15, 0.2) is 0 Å². The van der Waals surface area contributed by atoms with Gasteiger partial charge in [-0.25, -0.2) is 0 Å². The molecule has 2 atom stereocenters.